The lowest BCUT2D eigenvalue weighted by Crippen LogP contribution is -1.89. The van der Waals surface area contributed by atoms with Crippen LogP contribution in [0.25, 0.3) is 0 Å². The lowest BCUT2D eigenvalue weighted by Gasteiger charge is -2.03. The summed E-state index contributed by atoms with van der Waals surface area (Å²) in [5.41, 5.74) is 1.25. The summed E-state index contributed by atoms with van der Waals surface area (Å²) in [7, 11) is 0. The largest absolute Gasteiger partial charge is 0.344 e. The van der Waals surface area contributed by atoms with Crippen LogP contribution >= 0.6 is 0 Å². The predicted octanol–water partition coefficient (Wildman–Crippen LogP) is 6.88. The van der Waals surface area contributed by atoms with Gasteiger partial charge in [0.2, 0.25) is 0 Å². The Balaban J connectivity index is 0.00000441. The molecule has 2 heteroatoms. The summed E-state index contributed by atoms with van der Waals surface area (Å²) < 4.78 is 0. The second kappa shape index (κ2) is 16.5. The number of pyridine rings is 1. The van der Waals surface area contributed by atoms with E-state index in [1.54, 1.807) is 0 Å². The van der Waals surface area contributed by atoms with Gasteiger partial charge in [0.25, 0.3) is 0 Å². The van der Waals surface area contributed by atoms with E-state index in [-0.39, 0.29) is 6.15 Å². The van der Waals surface area contributed by atoms with Crippen molar-refractivity contribution in [2.75, 3.05) is 0 Å². The van der Waals surface area contributed by atoms with E-state index in [0.717, 1.165) is 6.42 Å². The van der Waals surface area contributed by atoms with Crippen molar-refractivity contribution >= 4 is 0 Å². The summed E-state index contributed by atoms with van der Waals surface area (Å²) in [5, 5.41) is 0. The van der Waals surface area contributed by atoms with E-state index in [9.17, 15) is 0 Å². The monoisotopic (exact) mass is 306 g/mol. The zero-order chi connectivity index (χ0) is 15.0. The minimum atomic E-state index is 0. The van der Waals surface area contributed by atoms with Crippen molar-refractivity contribution < 1.29 is 0 Å². The predicted molar refractivity (Wildman–Crippen MR) is 98.7 cm³/mol. The van der Waals surface area contributed by atoms with Crippen molar-refractivity contribution in [3.05, 3.63) is 30.1 Å². The quantitative estimate of drug-likeness (QED) is 0.381. The highest BCUT2D eigenvalue weighted by Crippen LogP contribution is 2.13. The van der Waals surface area contributed by atoms with Gasteiger partial charge in [-0.15, -0.1) is 0 Å². The number of rotatable bonds is 14. The number of hydrogen-bond donors (Lipinski definition) is 1. The number of aromatic nitrogens is 1. The van der Waals surface area contributed by atoms with Gasteiger partial charge in [-0.3, -0.25) is 4.98 Å². The highest BCUT2D eigenvalue weighted by Gasteiger charge is 1.95. The van der Waals surface area contributed by atoms with Crippen LogP contribution in [-0.4, -0.2) is 4.98 Å². The Bertz CT molecular complexity index is 311. The second-order valence-corrected chi connectivity index (χ2v) is 6.31. The van der Waals surface area contributed by atoms with Crippen LogP contribution in [0.4, 0.5) is 0 Å². The van der Waals surface area contributed by atoms with E-state index in [1.807, 2.05) is 12.3 Å². The van der Waals surface area contributed by atoms with Crippen LogP contribution < -0.4 is 6.15 Å². The van der Waals surface area contributed by atoms with Crippen molar-refractivity contribution in [3.8, 4) is 0 Å². The number of nitrogens with zero attached hydrogens (tertiary/aromatic N) is 1. The van der Waals surface area contributed by atoms with Crippen molar-refractivity contribution in [2.45, 2.75) is 96.8 Å². The van der Waals surface area contributed by atoms with Gasteiger partial charge in [0.05, 0.1) is 0 Å². The lowest BCUT2D eigenvalue weighted by molar-refractivity contribution is 0.539. The van der Waals surface area contributed by atoms with Gasteiger partial charge in [-0.05, 0) is 25.0 Å². The summed E-state index contributed by atoms with van der Waals surface area (Å²) in [6, 6.07) is 6.22. The first kappa shape index (κ1) is 21.1. The van der Waals surface area contributed by atoms with Crippen molar-refractivity contribution in [3.63, 3.8) is 0 Å². The van der Waals surface area contributed by atoms with Crippen LogP contribution in [0.3, 0.4) is 0 Å². The van der Waals surface area contributed by atoms with Crippen molar-refractivity contribution in [1.82, 2.24) is 11.1 Å². The molecule has 0 atom stereocenters. The van der Waals surface area contributed by atoms with Gasteiger partial charge in [-0.25, -0.2) is 0 Å². The molecule has 0 saturated heterocycles. The van der Waals surface area contributed by atoms with E-state index in [4.69, 9.17) is 0 Å². The van der Waals surface area contributed by atoms with Gasteiger partial charge in [-0.1, -0.05) is 90.0 Å². The molecule has 0 aliphatic rings. The van der Waals surface area contributed by atoms with Gasteiger partial charge in [0.1, 0.15) is 0 Å². The first-order valence-corrected chi connectivity index (χ1v) is 9.33. The average Bonchev–Trinajstić information content (AvgIpc) is 2.53. The molecule has 3 N–H and O–H groups in total. The average molecular weight is 307 g/mol. The molecular formula is C20H38N2. The van der Waals surface area contributed by atoms with Gasteiger partial charge in [0, 0.05) is 11.9 Å². The smallest absolute Gasteiger partial charge is 0.0403 e. The fourth-order valence-corrected chi connectivity index (χ4v) is 2.87. The maximum absolute atomic E-state index is 4.37. The molecule has 0 aromatic carbocycles. The SMILES string of the molecule is CCCCCCCCCCCCCCCc1ccccn1.N. The molecule has 22 heavy (non-hydrogen) atoms. The summed E-state index contributed by atoms with van der Waals surface area (Å²) in [6.07, 6.45) is 21.5. The molecule has 0 saturated carbocycles. The van der Waals surface area contributed by atoms with E-state index in [0.29, 0.717) is 0 Å². The van der Waals surface area contributed by atoms with E-state index >= 15 is 0 Å². The summed E-state index contributed by atoms with van der Waals surface area (Å²) in [5.74, 6) is 0. The summed E-state index contributed by atoms with van der Waals surface area (Å²) in [6.45, 7) is 2.29. The highest BCUT2D eigenvalue weighted by atomic mass is 14.7. The third-order valence-corrected chi connectivity index (χ3v) is 4.26. The van der Waals surface area contributed by atoms with Crippen LogP contribution in [0.5, 0.6) is 0 Å². The van der Waals surface area contributed by atoms with Gasteiger partial charge < -0.3 is 6.15 Å². The number of aryl methyl sites for hydroxylation is 1. The number of unbranched alkanes of at least 4 members (excludes halogenated alkanes) is 12. The molecule has 0 unspecified atom stereocenters. The Labute approximate surface area is 138 Å². The van der Waals surface area contributed by atoms with Crippen LogP contribution in [0.15, 0.2) is 24.4 Å². The molecular weight excluding hydrogens is 268 g/mol. The first-order chi connectivity index (χ1) is 10.4. The molecule has 0 bridgehead atoms. The molecule has 0 spiro atoms. The first-order valence-electron chi connectivity index (χ1n) is 9.33. The molecule has 1 aromatic heterocycles. The topological polar surface area (TPSA) is 47.9 Å². The maximum atomic E-state index is 4.37. The van der Waals surface area contributed by atoms with Gasteiger partial charge >= 0.3 is 0 Å². The van der Waals surface area contributed by atoms with Crippen LogP contribution in [0.2, 0.25) is 0 Å². The zero-order valence-electron chi connectivity index (χ0n) is 14.9. The third-order valence-electron chi connectivity index (χ3n) is 4.26. The van der Waals surface area contributed by atoms with Crippen LogP contribution in [0, 0.1) is 0 Å². The minimum Gasteiger partial charge on any atom is -0.344 e. The molecule has 0 radical (unpaired) electrons. The van der Waals surface area contributed by atoms with Crippen LogP contribution in [-0.2, 0) is 6.42 Å². The normalized spacial score (nSPS) is 10.4. The highest BCUT2D eigenvalue weighted by molar-refractivity contribution is 5.03. The van der Waals surface area contributed by atoms with E-state index in [1.165, 1.54) is 89.2 Å². The molecule has 0 aliphatic heterocycles. The maximum Gasteiger partial charge on any atom is 0.0403 e. The number of hydrogen-bond acceptors (Lipinski definition) is 2. The van der Waals surface area contributed by atoms with E-state index in [2.05, 4.69) is 24.0 Å². The van der Waals surface area contributed by atoms with Gasteiger partial charge in [-0.2, -0.15) is 0 Å². The Morgan fingerprint density at radius 3 is 1.64 bits per heavy atom. The minimum absolute atomic E-state index is 0. The van der Waals surface area contributed by atoms with Crippen molar-refractivity contribution in [1.29, 1.82) is 0 Å². The molecule has 0 amide bonds. The van der Waals surface area contributed by atoms with Crippen molar-refractivity contribution in [2.24, 2.45) is 0 Å². The van der Waals surface area contributed by atoms with Crippen LogP contribution in [0.1, 0.15) is 96.1 Å². The fourth-order valence-electron chi connectivity index (χ4n) is 2.87. The molecule has 1 rings (SSSR count). The molecule has 2 nitrogen and oxygen atoms in total. The second-order valence-electron chi connectivity index (χ2n) is 6.31. The zero-order valence-corrected chi connectivity index (χ0v) is 14.9. The Hall–Kier alpha value is -0.890. The Morgan fingerprint density at radius 2 is 1.18 bits per heavy atom. The van der Waals surface area contributed by atoms with Gasteiger partial charge in [0.15, 0.2) is 0 Å². The Kier molecular flexibility index (Phi) is 15.8. The Morgan fingerprint density at radius 1 is 0.682 bits per heavy atom. The third kappa shape index (κ3) is 12.8. The molecule has 0 fully saturated rings. The molecule has 1 aromatic rings. The van der Waals surface area contributed by atoms with E-state index < -0.39 is 0 Å². The molecule has 0 aliphatic carbocycles. The summed E-state index contributed by atoms with van der Waals surface area (Å²) in [4.78, 5) is 4.37. The molecule has 1 heterocycles. The fraction of sp³-hybridized carbons (Fsp3) is 0.750. The summed E-state index contributed by atoms with van der Waals surface area (Å²) >= 11 is 0. The lowest BCUT2D eigenvalue weighted by atomic mass is 10.0. The molecule has 128 valence electrons. The standard InChI is InChI=1S/C20H35N.H3N/c1-2-3-4-5-6-7-8-9-10-11-12-13-14-17-20-18-15-16-19-21-20;/h15-16,18-19H,2-14,17H2,1H3;1H3.